The molecular weight excluding hydrogens is 342 g/mol. The molecule has 0 aromatic heterocycles. The fourth-order valence-corrected chi connectivity index (χ4v) is 3.66. The van der Waals surface area contributed by atoms with E-state index in [4.69, 9.17) is 4.74 Å². The molecule has 0 radical (unpaired) electrons. The van der Waals surface area contributed by atoms with Crippen molar-refractivity contribution in [3.63, 3.8) is 0 Å². The molecule has 0 saturated heterocycles. The van der Waals surface area contributed by atoms with E-state index >= 15 is 0 Å². The largest absolute Gasteiger partial charge is 0.493 e. The Labute approximate surface area is 159 Å². The second-order valence-electron chi connectivity index (χ2n) is 7.13. The Morgan fingerprint density at radius 2 is 1.81 bits per heavy atom. The molecule has 1 atom stereocenters. The van der Waals surface area contributed by atoms with Gasteiger partial charge in [-0.2, -0.15) is 0 Å². The molecule has 142 valence electrons. The van der Waals surface area contributed by atoms with E-state index in [9.17, 15) is 14.7 Å². The van der Waals surface area contributed by atoms with Crippen LogP contribution in [0.2, 0.25) is 0 Å². The van der Waals surface area contributed by atoms with E-state index < -0.39 is 11.5 Å². The minimum absolute atomic E-state index is 0.210. The third kappa shape index (κ3) is 3.60. The summed E-state index contributed by atoms with van der Waals surface area (Å²) < 4.78 is 5.81. The number of hydrogen-bond acceptors (Lipinski definition) is 4. The van der Waals surface area contributed by atoms with Crippen LogP contribution in [0.3, 0.4) is 0 Å². The standard InChI is InChI=1S/C22H25NO4/c1-15-8-4-5-11-19(15)27-13-7-12-23-20-16(2)9-6-10-18(20)22(26,21(23)25)14-17(3)24/h4-6,8-11,26H,7,12-14H2,1-3H3/t22-/m1/s1. The number of aliphatic hydroxyl groups is 1. The van der Waals surface area contributed by atoms with Crippen molar-refractivity contribution < 1.29 is 19.4 Å². The molecule has 5 heteroatoms. The molecule has 0 aliphatic carbocycles. The molecule has 0 saturated carbocycles. The number of para-hydroxylation sites is 2. The number of ether oxygens (including phenoxy) is 1. The molecule has 0 spiro atoms. The summed E-state index contributed by atoms with van der Waals surface area (Å²) in [7, 11) is 0. The van der Waals surface area contributed by atoms with Crippen molar-refractivity contribution in [2.45, 2.75) is 39.2 Å². The molecule has 1 amide bonds. The van der Waals surface area contributed by atoms with Gasteiger partial charge in [-0.05, 0) is 44.4 Å². The van der Waals surface area contributed by atoms with Crippen LogP contribution in [0.4, 0.5) is 5.69 Å². The van der Waals surface area contributed by atoms with Gasteiger partial charge in [0.15, 0.2) is 5.60 Å². The maximum Gasteiger partial charge on any atom is 0.264 e. The number of carbonyl (C=O) groups excluding carboxylic acids is 2. The van der Waals surface area contributed by atoms with E-state index in [0.29, 0.717) is 30.8 Å². The second kappa shape index (κ2) is 7.53. The van der Waals surface area contributed by atoms with Gasteiger partial charge in [0.05, 0.1) is 12.3 Å². The lowest BCUT2D eigenvalue weighted by Crippen LogP contribution is -2.42. The van der Waals surface area contributed by atoms with E-state index in [-0.39, 0.29) is 12.2 Å². The second-order valence-corrected chi connectivity index (χ2v) is 7.13. The highest BCUT2D eigenvalue weighted by Gasteiger charge is 2.50. The van der Waals surface area contributed by atoms with Gasteiger partial charge in [0.1, 0.15) is 11.5 Å². The van der Waals surface area contributed by atoms with Crippen molar-refractivity contribution in [2.75, 3.05) is 18.1 Å². The van der Waals surface area contributed by atoms with E-state index in [2.05, 4.69) is 0 Å². The predicted octanol–water partition coefficient (Wildman–Crippen LogP) is 3.29. The number of benzene rings is 2. The van der Waals surface area contributed by atoms with E-state index in [1.165, 1.54) is 6.92 Å². The summed E-state index contributed by atoms with van der Waals surface area (Å²) in [5, 5.41) is 11.0. The van der Waals surface area contributed by atoms with Crippen molar-refractivity contribution in [3.8, 4) is 5.75 Å². The Morgan fingerprint density at radius 3 is 2.52 bits per heavy atom. The highest BCUT2D eigenvalue weighted by Crippen LogP contribution is 2.44. The van der Waals surface area contributed by atoms with E-state index in [1.54, 1.807) is 17.0 Å². The Morgan fingerprint density at radius 1 is 1.11 bits per heavy atom. The minimum Gasteiger partial charge on any atom is -0.493 e. The summed E-state index contributed by atoms with van der Waals surface area (Å²) in [5.41, 5.74) is 1.42. The summed E-state index contributed by atoms with van der Waals surface area (Å²) in [6.07, 6.45) is 0.405. The molecule has 0 fully saturated rings. The highest BCUT2D eigenvalue weighted by atomic mass is 16.5. The number of fused-ring (bicyclic) bond motifs is 1. The van der Waals surface area contributed by atoms with Crippen molar-refractivity contribution in [3.05, 3.63) is 59.2 Å². The normalized spacial score (nSPS) is 18.5. The van der Waals surface area contributed by atoms with Gasteiger partial charge in [-0.25, -0.2) is 0 Å². The maximum absolute atomic E-state index is 13.0. The van der Waals surface area contributed by atoms with Crippen LogP contribution in [0.1, 0.15) is 36.5 Å². The number of aryl methyl sites for hydroxylation is 2. The predicted molar refractivity (Wildman–Crippen MR) is 104 cm³/mol. The van der Waals surface area contributed by atoms with Gasteiger partial charge in [-0.3, -0.25) is 9.59 Å². The van der Waals surface area contributed by atoms with Gasteiger partial charge in [0.2, 0.25) is 0 Å². The zero-order valence-electron chi connectivity index (χ0n) is 16.0. The van der Waals surface area contributed by atoms with Crippen LogP contribution < -0.4 is 9.64 Å². The number of rotatable bonds is 7. The lowest BCUT2D eigenvalue weighted by Gasteiger charge is -2.22. The first-order valence-corrected chi connectivity index (χ1v) is 9.17. The SMILES string of the molecule is CC(=O)C[C@]1(O)C(=O)N(CCCOc2ccccc2C)c2c(C)cccc21. The van der Waals surface area contributed by atoms with Crippen LogP contribution in [0.5, 0.6) is 5.75 Å². The topological polar surface area (TPSA) is 66.8 Å². The highest BCUT2D eigenvalue weighted by molar-refractivity contribution is 6.09. The van der Waals surface area contributed by atoms with Crippen molar-refractivity contribution in [1.29, 1.82) is 0 Å². The van der Waals surface area contributed by atoms with Gasteiger partial charge >= 0.3 is 0 Å². The number of carbonyl (C=O) groups is 2. The van der Waals surface area contributed by atoms with E-state index in [1.807, 2.05) is 44.2 Å². The van der Waals surface area contributed by atoms with Crippen molar-refractivity contribution in [1.82, 2.24) is 0 Å². The van der Waals surface area contributed by atoms with Crippen molar-refractivity contribution in [2.24, 2.45) is 0 Å². The summed E-state index contributed by atoms with van der Waals surface area (Å²) in [6, 6.07) is 13.2. The monoisotopic (exact) mass is 367 g/mol. The third-order valence-electron chi connectivity index (χ3n) is 4.93. The van der Waals surface area contributed by atoms with Crippen LogP contribution in [-0.2, 0) is 15.2 Å². The zero-order valence-corrected chi connectivity index (χ0v) is 16.0. The fraction of sp³-hybridized carbons (Fsp3) is 0.364. The molecule has 27 heavy (non-hydrogen) atoms. The Balaban J connectivity index is 1.75. The quantitative estimate of drug-likeness (QED) is 0.763. The number of ketones is 1. The number of nitrogens with zero attached hydrogens (tertiary/aromatic N) is 1. The lowest BCUT2D eigenvalue weighted by molar-refractivity contribution is -0.141. The third-order valence-corrected chi connectivity index (χ3v) is 4.93. The lowest BCUT2D eigenvalue weighted by atomic mass is 9.89. The number of Topliss-reactive ketones (excluding diaryl/α,β-unsaturated/α-hetero) is 1. The van der Waals surface area contributed by atoms with Gasteiger partial charge in [-0.15, -0.1) is 0 Å². The number of amides is 1. The van der Waals surface area contributed by atoms with Gasteiger partial charge in [-0.1, -0.05) is 36.4 Å². The van der Waals surface area contributed by atoms with Gasteiger partial charge in [0.25, 0.3) is 5.91 Å². The van der Waals surface area contributed by atoms with Crippen LogP contribution >= 0.6 is 0 Å². The first kappa shape index (κ1) is 19.1. The summed E-state index contributed by atoms with van der Waals surface area (Å²) in [6.45, 7) is 6.16. The number of anilines is 1. The molecule has 2 aromatic carbocycles. The Kier molecular flexibility index (Phi) is 5.33. The molecule has 0 unspecified atom stereocenters. The fourth-order valence-electron chi connectivity index (χ4n) is 3.66. The molecule has 1 aliphatic rings. The van der Waals surface area contributed by atoms with Gasteiger partial charge in [0, 0.05) is 18.5 Å². The van der Waals surface area contributed by atoms with Crippen molar-refractivity contribution >= 4 is 17.4 Å². The zero-order chi connectivity index (χ0) is 19.6. The Bertz CT molecular complexity index is 876. The molecule has 1 aliphatic heterocycles. The maximum atomic E-state index is 13.0. The molecule has 0 bridgehead atoms. The van der Waals surface area contributed by atoms with Crippen LogP contribution in [0, 0.1) is 13.8 Å². The van der Waals surface area contributed by atoms with Crippen LogP contribution in [-0.4, -0.2) is 29.9 Å². The Hall–Kier alpha value is -2.66. The van der Waals surface area contributed by atoms with Crippen LogP contribution in [0.25, 0.3) is 0 Å². The number of hydrogen-bond donors (Lipinski definition) is 1. The minimum atomic E-state index is -1.77. The van der Waals surface area contributed by atoms with E-state index in [0.717, 1.165) is 16.9 Å². The smallest absolute Gasteiger partial charge is 0.264 e. The molecular formula is C22H25NO4. The molecule has 1 heterocycles. The molecule has 3 rings (SSSR count). The molecule has 2 aromatic rings. The summed E-state index contributed by atoms with van der Waals surface area (Å²) in [5.74, 6) is 0.177. The first-order chi connectivity index (χ1) is 12.8. The van der Waals surface area contributed by atoms with Crippen LogP contribution in [0.15, 0.2) is 42.5 Å². The average molecular weight is 367 g/mol. The summed E-state index contributed by atoms with van der Waals surface area (Å²) >= 11 is 0. The first-order valence-electron chi connectivity index (χ1n) is 9.17. The van der Waals surface area contributed by atoms with Gasteiger partial charge < -0.3 is 14.7 Å². The molecule has 5 nitrogen and oxygen atoms in total. The summed E-state index contributed by atoms with van der Waals surface area (Å²) in [4.78, 5) is 26.2. The average Bonchev–Trinajstić information content (AvgIpc) is 2.82. The molecule has 1 N–H and O–H groups in total.